The van der Waals surface area contributed by atoms with Gasteiger partial charge < -0.3 is 9.88 Å². The van der Waals surface area contributed by atoms with Crippen LogP contribution in [0.3, 0.4) is 0 Å². The van der Waals surface area contributed by atoms with Crippen LogP contribution >= 0.6 is 11.6 Å². The zero-order valence-corrected chi connectivity index (χ0v) is 9.72. The van der Waals surface area contributed by atoms with Crippen LogP contribution < -0.4 is 5.32 Å². The lowest BCUT2D eigenvalue weighted by Crippen LogP contribution is -2.38. The third-order valence-corrected chi connectivity index (χ3v) is 3.70. The predicted molar refractivity (Wildman–Crippen MR) is 60.2 cm³/mol. The summed E-state index contributed by atoms with van der Waals surface area (Å²) in [6, 6.07) is 1.41. The Morgan fingerprint density at radius 2 is 2.13 bits per heavy atom. The Morgan fingerprint density at radius 1 is 1.33 bits per heavy atom. The van der Waals surface area contributed by atoms with Crippen molar-refractivity contribution in [3.63, 3.8) is 0 Å². The van der Waals surface area contributed by atoms with Gasteiger partial charge in [0.05, 0.1) is 5.69 Å². The molecule has 1 aromatic heterocycles. The van der Waals surface area contributed by atoms with Crippen molar-refractivity contribution >= 4 is 11.6 Å². The molecule has 1 aliphatic heterocycles. The summed E-state index contributed by atoms with van der Waals surface area (Å²) in [6.07, 6.45) is 4.96. The maximum Gasteiger partial charge on any atom is 0.150 e. The van der Waals surface area contributed by atoms with Crippen molar-refractivity contribution in [1.29, 1.82) is 0 Å². The Morgan fingerprint density at radius 3 is 2.87 bits per heavy atom. The highest BCUT2D eigenvalue weighted by molar-refractivity contribution is 6.30. The fourth-order valence-electron chi connectivity index (χ4n) is 2.40. The molecule has 82 valence electrons. The summed E-state index contributed by atoms with van der Waals surface area (Å²) >= 11 is 6.08. The molecule has 1 N–H and O–H groups in total. The van der Waals surface area contributed by atoms with E-state index in [-0.39, 0.29) is 0 Å². The lowest BCUT2D eigenvalue weighted by molar-refractivity contribution is 0.378. The first-order valence-electron chi connectivity index (χ1n) is 5.71. The van der Waals surface area contributed by atoms with Crippen molar-refractivity contribution in [3.8, 4) is 0 Å². The molecule has 1 fully saturated rings. The number of imidazole rings is 1. The second kappa shape index (κ2) is 3.49. The van der Waals surface area contributed by atoms with Crippen molar-refractivity contribution in [3.05, 3.63) is 16.7 Å². The molecule has 0 radical (unpaired) electrons. The summed E-state index contributed by atoms with van der Waals surface area (Å²) in [5.74, 6) is 1.05. The average Bonchev–Trinajstić information content (AvgIpc) is 2.96. The van der Waals surface area contributed by atoms with Crippen molar-refractivity contribution in [2.75, 3.05) is 0 Å². The molecule has 15 heavy (non-hydrogen) atoms. The molecule has 1 unspecified atom stereocenters. The van der Waals surface area contributed by atoms with Gasteiger partial charge in [-0.15, -0.1) is 0 Å². The second-order valence-electron chi connectivity index (χ2n) is 4.68. The van der Waals surface area contributed by atoms with Gasteiger partial charge in [0.25, 0.3) is 0 Å². The largest absolute Gasteiger partial charge is 0.329 e. The van der Waals surface area contributed by atoms with Crippen LogP contribution in [0.4, 0.5) is 0 Å². The van der Waals surface area contributed by atoms with E-state index in [1.165, 1.54) is 25.0 Å². The number of halogens is 1. The van der Waals surface area contributed by atoms with Gasteiger partial charge in [-0.25, -0.2) is 4.98 Å². The highest BCUT2D eigenvalue weighted by atomic mass is 35.5. The number of hydrogen-bond acceptors (Lipinski definition) is 2. The number of nitrogens with one attached hydrogen (secondary N) is 1. The van der Waals surface area contributed by atoms with Gasteiger partial charge in [0.15, 0.2) is 5.15 Å². The first kappa shape index (κ1) is 9.67. The molecule has 0 spiro atoms. The number of rotatable bonds is 2. The van der Waals surface area contributed by atoms with Gasteiger partial charge in [-0.05, 0) is 32.6 Å². The quantitative estimate of drug-likeness (QED) is 0.834. The average molecular weight is 226 g/mol. The summed E-state index contributed by atoms with van der Waals surface area (Å²) in [5, 5.41) is 4.38. The van der Waals surface area contributed by atoms with Crippen molar-refractivity contribution in [2.45, 2.75) is 51.2 Å². The molecule has 2 heterocycles. The van der Waals surface area contributed by atoms with Gasteiger partial charge in [0.2, 0.25) is 0 Å². The summed E-state index contributed by atoms with van der Waals surface area (Å²) in [7, 11) is 0. The van der Waals surface area contributed by atoms with E-state index in [1.54, 1.807) is 0 Å². The highest BCUT2D eigenvalue weighted by Gasteiger charge is 2.28. The molecule has 1 aliphatic carbocycles. The fraction of sp³-hybridized carbons (Fsp3) is 0.727. The van der Waals surface area contributed by atoms with E-state index in [9.17, 15) is 0 Å². The Hall–Kier alpha value is -0.540. The Bertz CT molecular complexity index is 381. The van der Waals surface area contributed by atoms with Crippen LogP contribution in [0.2, 0.25) is 5.15 Å². The summed E-state index contributed by atoms with van der Waals surface area (Å²) in [4.78, 5) is 4.32. The van der Waals surface area contributed by atoms with Crippen molar-refractivity contribution in [1.82, 2.24) is 14.9 Å². The van der Waals surface area contributed by atoms with Gasteiger partial charge in [0, 0.05) is 18.6 Å². The second-order valence-corrected chi connectivity index (χ2v) is 5.04. The molecule has 2 aliphatic rings. The summed E-state index contributed by atoms with van der Waals surface area (Å²) < 4.78 is 2.27. The van der Waals surface area contributed by atoms with Gasteiger partial charge >= 0.3 is 0 Å². The molecule has 1 atom stereocenters. The fourth-order valence-corrected chi connectivity index (χ4v) is 2.71. The van der Waals surface area contributed by atoms with E-state index in [0.29, 0.717) is 11.2 Å². The number of aromatic nitrogens is 2. The van der Waals surface area contributed by atoms with E-state index in [2.05, 4.69) is 14.9 Å². The summed E-state index contributed by atoms with van der Waals surface area (Å²) in [6.45, 7) is 3.08. The molecular formula is C11H16ClN3. The zero-order valence-electron chi connectivity index (χ0n) is 8.96. The normalized spacial score (nSPS) is 25.3. The molecule has 0 saturated heterocycles. The number of aryl methyl sites for hydroxylation is 1. The Kier molecular flexibility index (Phi) is 2.25. The monoisotopic (exact) mass is 225 g/mol. The molecule has 1 saturated carbocycles. The maximum atomic E-state index is 6.08. The molecule has 1 aromatic rings. The minimum atomic E-state index is 0.619. The molecule has 3 rings (SSSR count). The standard InChI is InChI=1S/C11H16ClN3/c1-7-13-11(12)10-5-4-9(6-15(7)10)14-8-2-3-8/h8-9,14H,2-6H2,1H3. The van der Waals surface area contributed by atoms with Crippen LogP contribution in [0, 0.1) is 6.92 Å². The number of hydrogen-bond donors (Lipinski definition) is 1. The highest BCUT2D eigenvalue weighted by Crippen LogP contribution is 2.26. The van der Waals surface area contributed by atoms with Crippen LogP contribution in [0.5, 0.6) is 0 Å². The van der Waals surface area contributed by atoms with Crippen LogP contribution in [0.15, 0.2) is 0 Å². The lowest BCUT2D eigenvalue weighted by atomic mass is 10.1. The van der Waals surface area contributed by atoms with E-state index >= 15 is 0 Å². The molecule has 0 bridgehead atoms. The SMILES string of the molecule is Cc1nc(Cl)c2n1CC(NC1CC1)CC2. The van der Waals surface area contributed by atoms with E-state index in [1.807, 2.05) is 6.92 Å². The smallest absolute Gasteiger partial charge is 0.150 e. The lowest BCUT2D eigenvalue weighted by Gasteiger charge is -2.26. The van der Waals surface area contributed by atoms with Crippen LogP contribution in [0.1, 0.15) is 30.8 Å². The molecule has 0 amide bonds. The first-order chi connectivity index (χ1) is 7.24. The molecule has 4 heteroatoms. The van der Waals surface area contributed by atoms with Crippen LogP contribution in [-0.4, -0.2) is 21.6 Å². The van der Waals surface area contributed by atoms with Gasteiger partial charge in [0.1, 0.15) is 5.82 Å². The first-order valence-corrected chi connectivity index (χ1v) is 6.09. The Balaban J connectivity index is 1.79. The zero-order chi connectivity index (χ0) is 10.4. The minimum absolute atomic E-state index is 0.619. The maximum absolute atomic E-state index is 6.08. The Labute approximate surface area is 94.8 Å². The van der Waals surface area contributed by atoms with Crippen molar-refractivity contribution < 1.29 is 0 Å². The molecule has 0 aromatic carbocycles. The topological polar surface area (TPSA) is 29.9 Å². The molecule has 3 nitrogen and oxygen atoms in total. The van der Waals surface area contributed by atoms with Crippen molar-refractivity contribution in [2.24, 2.45) is 0 Å². The third-order valence-electron chi connectivity index (χ3n) is 3.40. The third kappa shape index (κ3) is 1.79. The van der Waals surface area contributed by atoms with Gasteiger partial charge in [-0.1, -0.05) is 11.6 Å². The van der Waals surface area contributed by atoms with Gasteiger partial charge in [-0.3, -0.25) is 0 Å². The summed E-state index contributed by atoms with van der Waals surface area (Å²) in [5.41, 5.74) is 1.23. The number of nitrogens with zero attached hydrogens (tertiary/aromatic N) is 2. The van der Waals surface area contributed by atoms with E-state index in [4.69, 9.17) is 11.6 Å². The molecular weight excluding hydrogens is 210 g/mol. The van der Waals surface area contributed by atoms with E-state index < -0.39 is 0 Å². The van der Waals surface area contributed by atoms with Gasteiger partial charge in [-0.2, -0.15) is 0 Å². The minimum Gasteiger partial charge on any atom is -0.329 e. The number of fused-ring (bicyclic) bond motifs is 1. The van der Waals surface area contributed by atoms with Crippen LogP contribution in [-0.2, 0) is 13.0 Å². The van der Waals surface area contributed by atoms with E-state index in [0.717, 1.165) is 24.8 Å². The van der Waals surface area contributed by atoms with Crippen LogP contribution in [0.25, 0.3) is 0 Å². The predicted octanol–water partition coefficient (Wildman–Crippen LogP) is 1.91.